The van der Waals surface area contributed by atoms with Gasteiger partial charge in [0.2, 0.25) is 0 Å². The SMILES string of the molecule is CN(C)CCN=c1c2ccccc2ccc2c(Cl)cccc12. The summed E-state index contributed by atoms with van der Waals surface area (Å²) in [5, 5.41) is 6.29. The summed E-state index contributed by atoms with van der Waals surface area (Å²) in [4.78, 5) is 7.03. The van der Waals surface area contributed by atoms with Gasteiger partial charge in [0.05, 0.1) is 11.9 Å². The van der Waals surface area contributed by atoms with Crippen LogP contribution < -0.4 is 5.36 Å². The molecule has 0 aromatic heterocycles. The predicted molar refractivity (Wildman–Crippen MR) is 95.4 cm³/mol. The Morgan fingerprint density at radius 1 is 0.864 bits per heavy atom. The topological polar surface area (TPSA) is 15.6 Å². The van der Waals surface area contributed by atoms with Gasteiger partial charge in [0.1, 0.15) is 0 Å². The van der Waals surface area contributed by atoms with Gasteiger partial charge in [0, 0.05) is 27.7 Å². The number of fused-ring (bicyclic) bond motifs is 2. The van der Waals surface area contributed by atoms with Crippen molar-refractivity contribution in [3.05, 3.63) is 65.0 Å². The van der Waals surface area contributed by atoms with E-state index in [0.717, 1.165) is 34.2 Å². The highest BCUT2D eigenvalue weighted by molar-refractivity contribution is 6.35. The van der Waals surface area contributed by atoms with Gasteiger partial charge >= 0.3 is 0 Å². The Labute approximate surface area is 135 Å². The summed E-state index contributed by atoms with van der Waals surface area (Å²) < 4.78 is 0. The smallest absolute Gasteiger partial charge is 0.0732 e. The molecule has 0 atom stereocenters. The van der Waals surface area contributed by atoms with Crippen molar-refractivity contribution >= 4 is 33.1 Å². The van der Waals surface area contributed by atoms with Crippen LogP contribution in [0.2, 0.25) is 5.02 Å². The molecule has 0 saturated carbocycles. The molecule has 0 saturated heterocycles. The molecule has 112 valence electrons. The summed E-state index contributed by atoms with van der Waals surface area (Å²) in [6.45, 7) is 1.69. The van der Waals surface area contributed by atoms with Crippen LogP contribution in [-0.4, -0.2) is 32.1 Å². The maximum atomic E-state index is 6.39. The van der Waals surface area contributed by atoms with E-state index >= 15 is 0 Å². The highest BCUT2D eigenvalue weighted by Gasteiger charge is 2.03. The first-order valence-electron chi connectivity index (χ1n) is 7.42. The van der Waals surface area contributed by atoms with E-state index in [1.165, 1.54) is 10.8 Å². The predicted octanol–water partition coefficient (Wildman–Crippen LogP) is 4.11. The number of benzene rings is 2. The van der Waals surface area contributed by atoms with Gasteiger partial charge in [-0.15, -0.1) is 0 Å². The highest BCUT2D eigenvalue weighted by atomic mass is 35.5. The lowest BCUT2D eigenvalue weighted by Crippen LogP contribution is -2.17. The van der Waals surface area contributed by atoms with E-state index in [9.17, 15) is 0 Å². The van der Waals surface area contributed by atoms with Crippen molar-refractivity contribution in [3.8, 4) is 0 Å². The molecule has 0 amide bonds. The van der Waals surface area contributed by atoms with Crippen LogP contribution in [0.3, 0.4) is 0 Å². The van der Waals surface area contributed by atoms with Crippen molar-refractivity contribution < 1.29 is 0 Å². The quantitative estimate of drug-likeness (QED) is 0.711. The zero-order valence-electron chi connectivity index (χ0n) is 12.9. The van der Waals surface area contributed by atoms with Crippen molar-refractivity contribution in [2.24, 2.45) is 4.99 Å². The molecule has 0 radical (unpaired) electrons. The Bertz CT molecular complexity index is 885. The zero-order valence-corrected chi connectivity index (χ0v) is 13.6. The second kappa shape index (κ2) is 6.47. The number of hydrogen-bond acceptors (Lipinski definition) is 2. The number of halogens is 1. The first-order valence-corrected chi connectivity index (χ1v) is 7.80. The third kappa shape index (κ3) is 2.99. The molecular weight excluding hydrogens is 292 g/mol. The average molecular weight is 311 g/mol. The van der Waals surface area contributed by atoms with E-state index in [0.29, 0.717) is 0 Å². The van der Waals surface area contributed by atoms with Gasteiger partial charge in [-0.1, -0.05) is 60.1 Å². The van der Waals surface area contributed by atoms with Crippen LogP contribution >= 0.6 is 11.6 Å². The molecule has 0 fully saturated rings. The van der Waals surface area contributed by atoms with Crippen LogP contribution in [0.15, 0.2) is 59.6 Å². The van der Waals surface area contributed by atoms with Gasteiger partial charge in [-0.3, -0.25) is 4.99 Å². The Morgan fingerprint density at radius 3 is 2.45 bits per heavy atom. The minimum absolute atomic E-state index is 0.766. The monoisotopic (exact) mass is 310 g/mol. The standard InChI is InChI=1S/C19H19ClN2/c1-22(2)13-12-21-19-15-7-4-3-6-14(15)10-11-16-17(19)8-5-9-18(16)20/h3-11H,12-13H2,1-2H3. The third-order valence-electron chi connectivity index (χ3n) is 3.77. The van der Waals surface area contributed by atoms with E-state index in [2.05, 4.69) is 61.5 Å². The molecule has 0 aliphatic rings. The molecule has 3 aromatic rings. The van der Waals surface area contributed by atoms with Crippen LogP contribution in [0, 0.1) is 0 Å². The fourth-order valence-corrected chi connectivity index (χ4v) is 2.86. The van der Waals surface area contributed by atoms with Gasteiger partial charge in [0.25, 0.3) is 0 Å². The van der Waals surface area contributed by atoms with Gasteiger partial charge in [-0.2, -0.15) is 0 Å². The van der Waals surface area contributed by atoms with Crippen molar-refractivity contribution in [2.75, 3.05) is 27.2 Å². The normalized spacial score (nSPS) is 12.5. The number of nitrogens with zero attached hydrogens (tertiary/aromatic N) is 2. The molecule has 3 aromatic carbocycles. The molecule has 0 heterocycles. The Hall–Kier alpha value is -1.90. The molecule has 22 heavy (non-hydrogen) atoms. The fraction of sp³-hybridized carbons (Fsp3) is 0.211. The van der Waals surface area contributed by atoms with Crippen LogP contribution in [0.4, 0.5) is 0 Å². The maximum Gasteiger partial charge on any atom is 0.0732 e. The largest absolute Gasteiger partial charge is 0.308 e. The summed E-state index contributed by atoms with van der Waals surface area (Å²) in [6.07, 6.45) is 0. The van der Waals surface area contributed by atoms with Crippen molar-refractivity contribution in [3.63, 3.8) is 0 Å². The van der Waals surface area contributed by atoms with Crippen molar-refractivity contribution in [1.29, 1.82) is 0 Å². The van der Waals surface area contributed by atoms with E-state index < -0.39 is 0 Å². The van der Waals surface area contributed by atoms with Crippen LogP contribution in [-0.2, 0) is 0 Å². The Morgan fingerprint density at radius 2 is 1.64 bits per heavy atom. The Balaban J connectivity index is 2.39. The molecule has 3 rings (SSSR count). The lowest BCUT2D eigenvalue weighted by atomic mass is 10.1. The summed E-state index contributed by atoms with van der Waals surface area (Å²) in [7, 11) is 4.13. The third-order valence-corrected chi connectivity index (χ3v) is 4.10. The molecule has 0 aliphatic carbocycles. The first kappa shape index (κ1) is 15.0. The van der Waals surface area contributed by atoms with Gasteiger partial charge in [-0.25, -0.2) is 0 Å². The minimum Gasteiger partial charge on any atom is -0.308 e. The van der Waals surface area contributed by atoms with Crippen LogP contribution in [0.5, 0.6) is 0 Å². The van der Waals surface area contributed by atoms with E-state index in [4.69, 9.17) is 16.6 Å². The second-order valence-corrected chi connectivity index (χ2v) is 6.06. The molecular formula is C19H19ClN2. The zero-order chi connectivity index (χ0) is 15.5. The van der Waals surface area contributed by atoms with Gasteiger partial charge in [-0.05, 0) is 25.5 Å². The summed E-state index contributed by atoms with van der Waals surface area (Å²) in [6, 6.07) is 18.6. The first-order chi connectivity index (χ1) is 10.7. The second-order valence-electron chi connectivity index (χ2n) is 5.66. The summed E-state index contributed by atoms with van der Waals surface area (Å²) in [5.41, 5.74) is 0. The number of likely N-dealkylation sites (N-methyl/N-ethyl adjacent to an activating group) is 1. The maximum absolute atomic E-state index is 6.39. The molecule has 2 nitrogen and oxygen atoms in total. The highest BCUT2D eigenvalue weighted by Crippen LogP contribution is 2.22. The molecule has 3 heteroatoms. The molecule has 0 unspecified atom stereocenters. The molecule has 0 bridgehead atoms. The van der Waals surface area contributed by atoms with E-state index in [-0.39, 0.29) is 0 Å². The van der Waals surface area contributed by atoms with Crippen molar-refractivity contribution in [2.45, 2.75) is 0 Å². The summed E-state index contributed by atoms with van der Waals surface area (Å²) in [5.74, 6) is 0. The fourth-order valence-electron chi connectivity index (χ4n) is 2.62. The van der Waals surface area contributed by atoms with E-state index in [1.807, 2.05) is 12.1 Å². The average Bonchev–Trinajstić information content (AvgIpc) is 2.66. The van der Waals surface area contributed by atoms with Gasteiger partial charge < -0.3 is 4.90 Å². The molecule has 0 N–H and O–H groups in total. The minimum atomic E-state index is 0.766. The number of rotatable bonds is 3. The number of hydrogen-bond donors (Lipinski definition) is 0. The van der Waals surface area contributed by atoms with Crippen molar-refractivity contribution in [1.82, 2.24) is 4.90 Å². The van der Waals surface area contributed by atoms with Crippen LogP contribution in [0.1, 0.15) is 0 Å². The Kier molecular flexibility index (Phi) is 4.41. The van der Waals surface area contributed by atoms with Gasteiger partial charge in [0.15, 0.2) is 0 Å². The lowest BCUT2D eigenvalue weighted by Gasteiger charge is -2.06. The molecule has 0 spiro atoms. The van der Waals surface area contributed by atoms with E-state index in [1.54, 1.807) is 0 Å². The van der Waals surface area contributed by atoms with Crippen LogP contribution in [0.25, 0.3) is 21.5 Å². The summed E-state index contributed by atoms with van der Waals surface area (Å²) >= 11 is 6.39. The molecule has 0 aliphatic heterocycles. The lowest BCUT2D eigenvalue weighted by molar-refractivity contribution is 0.419.